The highest BCUT2D eigenvalue weighted by atomic mass is 32.1. The molecular weight excluding hydrogens is 284 g/mol. The van der Waals surface area contributed by atoms with Crippen molar-refractivity contribution < 1.29 is 5.21 Å². The first-order valence-electron chi connectivity index (χ1n) is 6.93. The maximum atomic E-state index is 9.05. The molecule has 2 aromatic heterocycles. The molecular formula is C15H18N4OS. The monoisotopic (exact) mass is 302 g/mol. The van der Waals surface area contributed by atoms with Crippen molar-refractivity contribution >= 4 is 23.0 Å². The molecule has 2 heterocycles. The van der Waals surface area contributed by atoms with Crippen LogP contribution in [-0.4, -0.2) is 22.1 Å². The lowest BCUT2D eigenvalue weighted by Gasteiger charge is -2.25. The van der Waals surface area contributed by atoms with Crippen LogP contribution < -0.4 is 10.6 Å². The Bertz CT molecular complexity index is 650. The molecule has 0 aliphatic heterocycles. The van der Waals surface area contributed by atoms with E-state index in [2.05, 4.69) is 32.6 Å². The standard InChI is InChI=1S/C15H18N4OS/c1-10-6-7-17-15(13(10)14(16)18-20)19(11-4-5-11)9-12-3-2-8-21-12/h2-3,6-8,11,20H,4-5,9H2,1H3,(H2,16,18). The summed E-state index contributed by atoms with van der Waals surface area (Å²) >= 11 is 1.73. The van der Waals surface area contributed by atoms with Crippen molar-refractivity contribution in [3.05, 3.63) is 45.8 Å². The molecule has 3 N–H and O–H groups in total. The fourth-order valence-corrected chi connectivity index (χ4v) is 3.16. The van der Waals surface area contributed by atoms with Gasteiger partial charge in [-0.2, -0.15) is 0 Å². The molecule has 3 rings (SSSR count). The lowest BCUT2D eigenvalue weighted by Crippen LogP contribution is -2.29. The molecule has 21 heavy (non-hydrogen) atoms. The maximum absolute atomic E-state index is 9.05. The Morgan fingerprint density at radius 2 is 2.33 bits per heavy atom. The molecule has 0 radical (unpaired) electrons. The highest BCUT2D eigenvalue weighted by Crippen LogP contribution is 2.35. The number of hydrogen-bond donors (Lipinski definition) is 2. The van der Waals surface area contributed by atoms with E-state index in [-0.39, 0.29) is 5.84 Å². The summed E-state index contributed by atoms with van der Waals surface area (Å²) in [5.41, 5.74) is 7.55. The molecule has 0 saturated heterocycles. The first-order valence-corrected chi connectivity index (χ1v) is 7.81. The molecule has 1 aliphatic rings. The van der Waals surface area contributed by atoms with Gasteiger partial charge >= 0.3 is 0 Å². The van der Waals surface area contributed by atoms with Gasteiger partial charge in [0, 0.05) is 17.1 Å². The van der Waals surface area contributed by atoms with Crippen LogP contribution in [0.5, 0.6) is 0 Å². The van der Waals surface area contributed by atoms with Crippen LogP contribution in [0.15, 0.2) is 34.9 Å². The molecule has 5 nitrogen and oxygen atoms in total. The van der Waals surface area contributed by atoms with Crippen molar-refractivity contribution in [3.8, 4) is 0 Å². The molecule has 1 aliphatic carbocycles. The normalized spacial score (nSPS) is 15.2. The van der Waals surface area contributed by atoms with Crippen LogP contribution in [0.25, 0.3) is 0 Å². The van der Waals surface area contributed by atoms with Crippen LogP contribution in [0.4, 0.5) is 5.82 Å². The predicted molar refractivity (Wildman–Crippen MR) is 85.0 cm³/mol. The van der Waals surface area contributed by atoms with E-state index >= 15 is 0 Å². The lowest BCUT2D eigenvalue weighted by molar-refractivity contribution is 0.318. The molecule has 0 spiro atoms. The van der Waals surface area contributed by atoms with E-state index in [0.29, 0.717) is 6.04 Å². The first-order chi connectivity index (χ1) is 10.2. The summed E-state index contributed by atoms with van der Waals surface area (Å²) in [5.74, 6) is 0.925. The number of aryl methyl sites for hydroxylation is 1. The zero-order chi connectivity index (χ0) is 14.8. The van der Waals surface area contributed by atoms with Gasteiger partial charge in [0.15, 0.2) is 5.84 Å². The molecule has 2 aromatic rings. The molecule has 1 fully saturated rings. The van der Waals surface area contributed by atoms with Gasteiger partial charge < -0.3 is 15.8 Å². The van der Waals surface area contributed by atoms with E-state index in [9.17, 15) is 0 Å². The Balaban J connectivity index is 2.01. The van der Waals surface area contributed by atoms with Crippen molar-refractivity contribution in [1.29, 1.82) is 0 Å². The number of rotatable bonds is 5. The minimum Gasteiger partial charge on any atom is -0.409 e. The zero-order valence-corrected chi connectivity index (χ0v) is 12.7. The van der Waals surface area contributed by atoms with Gasteiger partial charge in [-0.1, -0.05) is 11.2 Å². The number of amidine groups is 1. The van der Waals surface area contributed by atoms with E-state index in [1.165, 1.54) is 4.88 Å². The molecule has 0 amide bonds. The quantitative estimate of drug-likeness (QED) is 0.385. The first kappa shape index (κ1) is 13.9. The minimum absolute atomic E-state index is 0.118. The van der Waals surface area contributed by atoms with Gasteiger partial charge in [0.25, 0.3) is 0 Å². The SMILES string of the molecule is Cc1ccnc(N(Cc2cccs2)C2CC2)c1/C(N)=N/O. The zero-order valence-electron chi connectivity index (χ0n) is 11.9. The fraction of sp³-hybridized carbons (Fsp3) is 0.333. The van der Waals surface area contributed by atoms with Crippen molar-refractivity contribution in [2.75, 3.05) is 4.90 Å². The Kier molecular flexibility index (Phi) is 3.79. The van der Waals surface area contributed by atoms with Gasteiger partial charge in [-0.25, -0.2) is 4.98 Å². The molecule has 0 unspecified atom stereocenters. The predicted octanol–water partition coefficient (Wildman–Crippen LogP) is 2.72. The van der Waals surface area contributed by atoms with Crippen LogP contribution in [0.2, 0.25) is 0 Å². The lowest BCUT2D eigenvalue weighted by atomic mass is 10.1. The largest absolute Gasteiger partial charge is 0.409 e. The van der Waals surface area contributed by atoms with Gasteiger partial charge in [0.05, 0.1) is 12.1 Å². The number of aromatic nitrogens is 1. The van der Waals surface area contributed by atoms with Crippen LogP contribution in [0.3, 0.4) is 0 Å². The van der Waals surface area contributed by atoms with Crippen molar-refractivity contribution in [1.82, 2.24) is 4.98 Å². The molecule has 0 bridgehead atoms. The summed E-state index contributed by atoms with van der Waals surface area (Å²) in [4.78, 5) is 8.07. The fourth-order valence-electron chi connectivity index (χ4n) is 2.46. The summed E-state index contributed by atoms with van der Waals surface area (Å²) in [7, 11) is 0. The van der Waals surface area contributed by atoms with E-state index in [4.69, 9.17) is 10.9 Å². The third kappa shape index (κ3) is 2.85. The van der Waals surface area contributed by atoms with Gasteiger partial charge in [-0.15, -0.1) is 11.3 Å². The van der Waals surface area contributed by atoms with Crippen molar-refractivity contribution in [3.63, 3.8) is 0 Å². The van der Waals surface area contributed by atoms with Gasteiger partial charge in [0.1, 0.15) is 5.82 Å². The van der Waals surface area contributed by atoms with E-state index in [1.54, 1.807) is 17.5 Å². The smallest absolute Gasteiger partial charge is 0.174 e. The third-order valence-corrected chi connectivity index (χ3v) is 4.53. The Morgan fingerprint density at radius 3 is 2.95 bits per heavy atom. The Hall–Kier alpha value is -2.08. The maximum Gasteiger partial charge on any atom is 0.174 e. The number of pyridine rings is 1. The van der Waals surface area contributed by atoms with Crippen molar-refractivity contribution in [2.24, 2.45) is 10.9 Å². The molecule has 6 heteroatoms. The summed E-state index contributed by atoms with van der Waals surface area (Å²) in [6, 6.07) is 6.55. The number of hydrogen-bond acceptors (Lipinski definition) is 5. The number of anilines is 1. The minimum atomic E-state index is 0.118. The van der Waals surface area contributed by atoms with Crippen LogP contribution in [0, 0.1) is 6.92 Å². The molecule has 1 saturated carbocycles. The summed E-state index contributed by atoms with van der Waals surface area (Å²) < 4.78 is 0. The molecule has 0 aromatic carbocycles. The highest BCUT2D eigenvalue weighted by molar-refractivity contribution is 7.09. The second-order valence-corrected chi connectivity index (χ2v) is 6.28. The van der Waals surface area contributed by atoms with E-state index < -0.39 is 0 Å². The topological polar surface area (TPSA) is 74.7 Å². The molecule has 110 valence electrons. The third-order valence-electron chi connectivity index (χ3n) is 3.67. The summed E-state index contributed by atoms with van der Waals surface area (Å²) in [5, 5.41) is 14.3. The average molecular weight is 302 g/mol. The molecule has 0 atom stereocenters. The second-order valence-electron chi connectivity index (χ2n) is 5.25. The Labute approximate surface area is 127 Å². The van der Waals surface area contributed by atoms with E-state index in [0.717, 1.165) is 36.3 Å². The summed E-state index contributed by atoms with van der Waals surface area (Å²) in [6.45, 7) is 2.76. The second kappa shape index (κ2) is 5.73. The van der Waals surface area contributed by atoms with Crippen LogP contribution in [-0.2, 0) is 6.54 Å². The van der Waals surface area contributed by atoms with Gasteiger partial charge in [0.2, 0.25) is 0 Å². The van der Waals surface area contributed by atoms with Crippen LogP contribution in [0.1, 0.15) is 28.8 Å². The highest BCUT2D eigenvalue weighted by Gasteiger charge is 2.32. The van der Waals surface area contributed by atoms with Crippen molar-refractivity contribution in [2.45, 2.75) is 32.4 Å². The number of oxime groups is 1. The van der Waals surface area contributed by atoms with Crippen LogP contribution >= 0.6 is 11.3 Å². The Morgan fingerprint density at radius 1 is 1.52 bits per heavy atom. The van der Waals surface area contributed by atoms with Gasteiger partial charge in [-0.05, 0) is 42.8 Å². The number of nitrogens with two attached hydrogens (primary N) is 1. The summed E-state index contributed by atoms with van der Waals surface area (Å²) in [6.07, 6.45) is 4.11. The number of thiophene rings is 1. The average Bonchev–Trinajstić information content (AvgIpc) is 3.20. The van der Waals surface area contributed by atoms with Gasteiger partial charge in [-0.3, -0.25) is 0 Å². The van der Waals surface area contributed by atoms with E-state index in [1.807, 2.05) is 13.0 Å². The number of nitrogens with zero attached hydrogens (tertiary/aromatic N) is 3.